The van der Waals surface area contributed by atoms with Crippen LogP contribution in [0.25, 0.3) is 10.8 Å². The first kappa shape index (κ1) is 30.5. The van der Waals surface area contributed by atoms with E-state index < -0.39 is 35.4 Å². The fourth-order valence-electron chi connectivity index (χ4n) is 5.54. The third kappa shape index (κ3) is 7.06. The largest absolute Gasteiger partial charge is 0.472 e. The highest BCUT2D eigenvalue weighted by molar-refractivity contribution is 14.1. The second kappa shape index (κ2) is 12.2. The van der Waals surface area contributed by atoms with E-state index in [4.69, 9.17) is 14.2 Å². The number of fused-ring (bicyclic) bond motifs is 3. The minimum atomic E-state index is -0.801. The number of hydrogen-bond donors (Lipinski definition) is 0. The summed E-state index contributed by atoms with van der Waals surface area (Å²) in [5, 5.41) is 1.97. The molecule has 2 aliphatic rings. The maximum atomic E-state index is 14.1. The van der Waals surface area contributed by atoms with Gasteiger partial charge in [-0.2, -0.15) is 0 Å². The highest BCUT2D eigenvalue weighted by Crippen LogP contribution is 2.36. The molecule has 8 nitrogen and oxygen atoms in total. The lowest BCUT2D eigenvalue weighted by molar-refractivity contribution is -0.158. The van der Waals surface area contributed by atoms with Crippen LogP contribution in [-0.4, -0.2) is 59.6 Å². The Hall–Kier alpha value is -2.43. The molecule has 4 bridgehead atoms. The lowest BCUT2D eigenvalue weighted by Gasteiger charge is -2.34. The number of rotatable bonds is 2. The molecule has 2 aliphatic heterocycles. The second-order valence-electron chi connectivity index (χ2n) is 12.8. The van der Waals surface area contributed by atoms with E-state index in [0.717, 1.165) is 33.6 Å². The normalized spacial score (nSPS) is 24.3. The van der Waals surface area contributed by atoms with Crippen LogP contribution in [0.2, 0.25) is 0 Å². The van der Waals surface area contributed by atoms with E-state index in [0.29, 0.717) is 5.88 Å². The van der Waals surface area contributed by atoms with Gasteiger partial charge in [0.05, 0.1) is 32.1 Å². The summed E-state index contributed by atoms with van der Waals surface area (Å²) in [5.74, 6) is -1.31. The summed E-state index contributed by atoms with van der Waals surface area (Å²) >= 11 is 2.28. The molecule has 0 saturated carbocycles. The van der Waals surface area contributed by atoms with Crippen molar-refractivity contribution in [2.24, 2.45) is 16.7 Å². The van der Waals surface area contributed by atoms with Crippen LogP contribution in [0.4, 0.5) is 0 Å². The van der Waals surface area contributed by atoms with Gasteiger partial charge in [0.15, 0.2) is 0 Å². The third-order valence-corrected chi connectivity index (χ3v) is 8.77. The topological polar surface area (TPSA) is 95.0 Å². The second-order valence-corrected chi connectivity index (χ2v) is 14.0. The van der Waals surface area contributed by atoms with Crippen molar-refractivity contribution in [1.29, 1.82) is 0 Å². The third-order valence-electron chi connectivity index (χ3n) is 7.91. The molecule has 0 unspecified atom stereocenters. The predicted octanol–water partition coefficient (Wildman–Crippen LogP) is 5.71. The van der Waals surface area contributed by atoms with E-state index in [2.05, 4.69) is 59.6 Å². The molecule has 0 N–H and O–H groups in total. The summed E-state index contributed by atoms with van der Waals surface area (Å²) in [5.41, 5.74) is 0.437. The monoisotopic (exact) mass is 664 g/mol. The van der Waals surface area contributed by atoms with Gasteiger partial charge in [-0.15, -0.1) is 0 Å². The van der Waals surface area contributed by atoms with E-state index in [1.807, 2.05) is 20.8 Å². The van der Waals surface area contributed by atoms with Crippen molar-refractivity contribution in [3.8, 4) is 5.88 Å². The van der Waals surface area contributed by atoms with Crippen molar-refractivity contribution in [2.75, 3.05) is 19.8 Å². The molecule has 1 aromatic heterocycles. The first-order valence-electron chi connectivity index (χ1n) is 14.2. The summed E-state index contributed by atoms with van der Waals surface area (Å²) in [4.78, 5) is 46.3. The van der Waals surface area contributed by atoms with Crippen LogP contribution in [0, 0.1) is 20.3 Å². The molecule has 0 radical (unpaired) electrons. The van der Waals surface area contributed by atoms with Gasteiger partial charge in [0.2, 0.25) is 11.8 Å². The van der Waals surface area contributed by atoms with Crippen LogP contribution < -0.4 is 4.74 Å². The van der Waals surface area contributed by atoms with E-state index >= 15 is 0 Å². The lowest BCUT2D eigenvalue weighted by atomic mass is 9.77. The van der Waals surface area contributed by atoms with Crippen LogP contribution in [0.15, 0.2) is 24.4 Å². The summed E-state index contributed by atoms with van der Waals surface area (Å²) in [6.45, 7) is 12.4. The number of aryl methyl sites for hydroxylation is 1. The molecule has 4 rings (SSSR count). The highest BCUT2D eigenvalue weighted by Gasteiger charge is 2.46. The SMILES string of the molecule is CCOC(=O)[C@@H]1C[C@H]2CN1C(=O)[C@H](C(C)(C)C)CC(=O)OCC(C)(C)CCCc1ccc3c(I)cnc(c3c1)O2. The average Bonchev–Trinajstić information content (AvgIpc) is 3.30. The average molecular weight is 665 g/mol. The van der Waals surface area contributed by atoms with Crippen LogP contribution >= 0.6 is 22.6 Å². The molecule has 0 spiro atoms. The van der Waals surface area contributed by atoms with Crippen molar-refractivity contribution >= 4 is 51.2 Å². The molecule has 3 atom stereocenters. The zero-order chi connectivity index (χ0) is 29.2. The number of pyridine rings is 1. The number of halogens is 1. The Morgan fingerprint density at radius 2 is 1.98 bits per heavy atom. The van der Waals surface area contributed by atoms with Gasteiger partial charge in [0, 0.05) is 27.0 Å². The molecular weight excluding hydrogens is 623 g/mol. The molecular formula is C31H41IN2O6. The number of esters is 2. The van der Waals surface area contributed by atoms with Crippen molar-refractivity contribution < 1.29 is 28.6 Å². The standard InChI is InChI=1S/C31H41IN2O6/c1-7-38-29(37)25-14-20-17-34(25)28(36)23(30(2,3)4)15-26(35)39-18-31(5,6)12-8-9-19-10-11-21-22(13-19)27(40-20)33-16-24(21)32/h10-11,13,16,20,23,25H,7-9,12,14-15,17-18H2,1-6H3/t20-,23+,25-/m0/s1. The minimum absolute atomic E-state index is 0.0557. The number of hydrogen-bond acceptors (Lipinski definition) is 7. The van der Waals surface area contributed by atoms with Crippen molar-refractivity contribution in [3.63, 3.8) is 0 Å². The first-order chi connectivity index (χ1) is 18.8. The van der Waals surface area contributed by atoms with Crippen molar-refractivity contribution in [3.05, 3.63) is 33.5 Å². The zero-order valence-corrected chi connectivity index (χ0v) is 26.6. The van der Waals surface area contributed by atoms with Crippen LogP contribution in [0.3, 0.4) is 0 Å². The van der Waals surface area contributed by atoms with E-state index in [9.17, 15) is 14.4 Å². The smallest absolute Gasteiger partial charge is 0.328 e. The number of amides is 1. The molecule has 40 heavy (non-hydrogen) atoms. The summed E-state index contributed by atoms with van der Waals surface area (Å²) in [7, 11) is 0. The van der Waals surface area contributed by atoms with Gasteiger partial charge < -0.3 is 19.1 Å². The van der Waals surface area contributed by atoms with Gasteiger partial charge in [0.1, 0.15) is 12.1 Å². The number of benzene rings is 1. The van der Waals surface area contributed by atoms with Crippen LogP contribution in [0.1, 0.15) is 72.8 Å². The fraction of sp³-hybridized carbons (Fsp3) is 0.613. The maximum Gasteiger partial charge on any atom is 0.328 e. The molecule has 2 aromatic rings. The zero-order valence-electron chi connectivity index (χ0n) is 24.4. The minimum Gasteiger partial charge on any atom is -0.472 e. The number of carbonyl (C=O) groups is 3. The Morgan fingerprint density at radius 1 is 1.23 bits per heavy atom. The molecule has 3 heterocycles. The fourth-order valence-corrected chi connectivity index (χ4v) is 6.14. The lowest BCUT2D eigenvalue weighted by Crippen LogP contribution is -2.48. The van der Waals surface area contributed by atoms with Crippen molar-refractivity contribution in [2.45, 2.75) is 85.8 Å². The molecule has 1 saturated heterocycles. The van der Waals surface area contributed by atoms with Crippen LogP contribution in [0.5, 0.6) is 5.88 Å². The number of ether oxygens (including phenoxy) is 3. The molecule has 1 fully saturated rings. The number of aromatic nitrogens is 1. The first-order valence-corrected chi connectivity index (χ1v) is 15.2. The molecule has 1 aromatic carbocycles. The number of carbonyl (C=O) groups excluding carboxylic acids is 3. The highest BCUT2D eigenvalue weighted by atomic mass is 127. The van der Waals surface area contributed by atoms with E-state index in [-0.39, 0.29) is 43.9 Å². The van der Waals surface area contributed by atoms with Gasteiger partial charge in [-0.05, 0) is 71.2 Å². The Kier molecular flexibility index (Phi) is 9.31. The number of nitrogens with zero attached hydrogens (tertiary/aromatic N) is 2. The van der Waals surface area contributed by atoms with Gasteiger partial charge in [0.25, 0.3) is 0 Å². The predicted molar refractivity (Wildman–Crippen MR) is 161 cm³/mol. The summed E-state index contributed by atoms with van der Waals surface area (Å²) in [6.07, 6.45) is 4.26. The Balaban J connectivity index is 1.75. The molecule has 218 valence electrons. The van der Waals surface area contributed by atoms with Gasteiger partial charge >= 0.3 is 11.9 Å². The Bertz CT molecular complexity index is 1270. The van der Waals surface area contributed by atoms with E-state index in [1.165, 1.54) is 5.56 Å². The number of cyclic esters (lactones) is 1. The van der Waals surface area contributed by atoms with Crippen molar-refractivity contribution in [1.82, 2.24) is 9.88 Å². The molecule has 1 amide bonds. The molecule has 9 heteroatoms. The molecule has 0 aliphatic carbocycles. The quantitative estimate of drug-likeness (QED) is 0.300. The van der Waals surface area contributed by atoms with Gasteiger partial charge in [-0.25, -0.2) is 9.78 Å². The van der Waals surface area contributed by atoms with Gasteiger partial charge in [-0.3, -0.25) is 9.59 Å². The van der Waals surface area contributed by atoms with Gasteiger partial charge in [-0.1, -0.05) is 46.8 Å². The Labute approximate surface area is 250 Å². The summed E-state index contributed by atoms with van der Waals surface area (Å²) < 4.78 is 18.6. The maximum absolute atomic E-state index is 14.1. The van der Waals surface area contributed by atoms with Crippen LogP contribution in [-0.2, 0) is 30.3 Å². The van der Waals surface area contributed by atoms with E-state index in [1.54, 1.807) is 18.0 Å². The summed E-state index contributed by atoms with van der Waals surface area (Å²) in [6, 6.07) is 5.57. The Morgan fingerprint density at radius 3 is 2.67 bits per heavy atom.